The van der Waals surface area contributed by atoms with E-state index in [1.165, 1.54) is 23.5 Å². The van der Waals surface area contributed by atoms with Crippen LogP contribution in [-0.2, 0) is 11.8 Å². The van der Waals surface area contributed by atoms with E-state index in [0.717, 1.165) is 33.1 Å². The Balaban J connectivity index is 2.07. The van der Waals surface area contributed by atoms with Crippen LogP contribution in [0.15, 0.2) is 18.2 Å². The molecule has 2 aromatic heterocycles. The molecule has 1 amide bonds. The normalized spacial score (nSPS) is 11.7. The number of halogens is 1. The van der Waals surface area contributed by atoms with E-state index in [-0.39, 0.29) is 17.6 Å². The van der Waals surface area contributed by atoms with E-state index in [9.17, 15) is 9.18 Å². The number of aryl methyl sites for hydroxylation is 1. The van der Waals surface area contributed by atoms with Gasteiger partial charge in [0.15, 0.2) is 5.82 Å². The second-order valence-corrected chi connectivity index (χ2v) is 6.45. The number of amides is 1. The summed E-state index contributed by atoms with van der Waals surface area (Å²) in [5.41, 5.74) is 0.930. The fourth-order valence-electron chi connectivity index (χ4n) is 2.74. The molecule has 0 fully saturated rings. The van der Waals surface area contributed by atoms with E-state index in [1.807, 2.05) is 20.9 Å². The van der Waals surface area contributed by atoms with Crippen LogP contribution >= 0.6 is 11.3 Å². The number of nitrogens with one attached hydrogen (secondary N) is 1. The summed E-state index contributed by atoms with van der Waals surface area (Å²) >= 11 is 1.45. The molecular formula is C16H18FN3OS. The van der Waals surface area contributed by atoms with Crippen LogP contribution in [0.2, 0.25) is 0 Å². The molecule has 0 aliphatic heterocycles. The van der Waals surface area contributed by atoms with Crippen LogP contribution in [0.4, 0.5) is 10.2 Å². The minimum absolute atomic E-state index is 0.00589. The van der Waals surface area contributed by atoms with Gasteiger partial charge in [-0.2, -0.15) is 5.10 Å². The zero-order valence-corrected chi connectivity index (χ0v) is 13.6. The number of carbonyl (C=O) groups is 1. The number of rotatable bonds is 4. The third-order valence-electron chi connectivity index (χ3n) is 4.01. The molecule has 0 radical (unpaired) electrons. The van der Waals surface area contributed by atoms with Crippen molar-refractivity contribution in [2.45, 2.75) is 26.7 Å². The Hall–Kier alpha value is -1.95. The molecule has 1 aromatic carbocycles. The van der Waals surface area contributed by atoms with Gasteiger partial charge in [-0.1, -0.05) is 13.8 Å². The topological polar surface area (TPSA) is 46.9 Å². The monoisotopic (exact) mass is 319 g/mol. The summed E-state index contributed by atoms with van der Waals surface area (Å²) in [5, 5.41) is 8.30. The summed E-state index contributed by atoms with van der Waals surface area (Å²) in [6.07, 6.45) is 1.60. The van der Waals surface area contributed by atoms with E-state index < -0.39 is 0 Å². The van der Waals surface area contributed by atoms with Crippen molar-refractivity contribution >= 4 is 43.4 Å². The van der Waals surface area contributed by atoms with Gasteiger partial charge in [-0.25, -0.2) is 4.39 Å². The fraction of sp³-hybridized carbons (Fsp3) is 0.375. The van der Waals surface area contributed by atoms with Gasteiger partial charge in [0.05, 0.1) is 10.2 Å². The van der Waals surface area contributed by atoms with Crippen LogP contribution in [0.25, 0.3) is 20.3 Å². The van der Waals surface area contributed by atoms with Crippen molar-refractivity contribution < 1.29 is 9.18 Å². The number of aromatic nitrogens is 2. The highest BCUT2D eigenvalue weighted by atomic mass is 32.1. The van der Waals surface area contributed by atoms with Gasteiger partial charge < -0.3 is 5.32 Å². The lowest BCUT2D eigenvalue weighted by Gasteiger charge is -2.10. The lowest BCUT2D eigenvalue weighted by molar-refractivity contribution is -0.120. The van der Waals surface area contributed by atoms with E-state index in [0.29, 0.717) is 5.82 Å². The molecule has 6 heteroatoms. The zero-order valence-electron chi connectivity index (χ0n) is 12.8. The standard InChI is InChI=1S/C16H18FN3OS/c1-4-9(5-2)16(21)18-15-14-13(20(3)19-15)11-7-6-10(17)8-12(11)22-14/h6-9H,4-5H2,1-3H3,(H,18,19,21). The lowest BCUT2D eigenvalue weighted by atomic mass is 10.0. The van der Waals surface area contributed by atoms with Crippen molar-refractivity contribution in [3.05, 3.63) is 24.0 Å². The summed E-state index contributed by atoms with van der Waals surface area (Å²) in [4.78, 5) is 12.3. The maximum atomic E-state index is 13.4. The maximum Gasteiger partial charge on any atom is 0.228 e. The van der Waals surface area contributed by atoms with Crippen molar-refractivity contribution in [3.8, 4) is 0 Å². The van der Waals surface area contributed by atoms with Crippen molar-refractivity contribution in [2.75, 3.05) is 5.32 Å². The first-order chi connectivity index (χ1) is 10.5. The first-order valence-corrected chi connectivity index (χ1v) is 8.22. The van der Waals surface area contributed by atoms with E-state index in [1.54, 1.807) is 10.7 Å². The molecule has 2 heterocycles. The summed E-state index contributed by atoms with van der Waals surface area (Å²) in [7, 11) is 1.84. The third kappa shape index (κ3) is 2.37. The van der Waals surface area contributed by atoms with Crippen LogP contribution in [0.5, 0.6) is 0 Å². The Labute approximate surface area is 131 Å². The van der Waals surface area contributed by atoms with Gasteiger partial charge in [-0.15, -0.1) is 11.3 Å². The SMILES string of the molecule is CCC(CC)C(=O)Nc1nn(C)c2c1sc1cc(F)ccc12. The van der Waals surface area contributed by atoms with Gasteiger partial charge in [-0.3, -0.25) is 9.48 Å². The van der Waals surface area contributed by atoms with Crippen LogP contribution < -0.4 is 5.32 Å². The Kier molecular flexibility index (Phi) is 3.87. The van der Waals surface area contributed by atoms with Crippen LogP contribution in [0.1, 0.15) is 26.7 Å². The summed E-state index contributed by atoms with van der Waals surface area (Å²) in [6.45, 7) is 4.01. The van der Waals surface area contributed by atoms with Gasteiger partial charge in [0.2, 0.25) is 5.91 Å². The second kappa shape index (κ2) is 5.68. The van der Waals surface area contributed by atoms with Crippen molar-refractivity contribution in [1.82, 2.24) is 9.78 Å². The molecule has 0 bridgehead atoms. The Morgan fingerprint density at radius 2 is 2.14 bits per heavy atom. The van der Waals surface area contributed by atoms with Gasteiger partial charge in [-0.05, 0) is 31.0 Å². The van der Waals surface area contributed by atoms with Gasteiger partial charge in [0, 0.05) is 23.1 Å². The van der Waals surface area contributed by atoms with Crippen molar-refractivity contribution in [3.63, 3.8) is 0 Å². The van der Waals surface area contributed by atoms with E-state index in [4.69, 9.17) is 0 Å². The number of thiophene rings is 1. The lowest BCUT2D eigenvalue weighted by Crippen LogP contribution is -2.22. The number of carbonyl (C=O) groups excluding carboxylic acids is 1. The number of benzene rings is 1. The Morgan fingerprint density at radius 1 is 1.41 bits per heavy atom. The zero-order chi connectivity index (χ0) is 15.9. The molecule has 0 unspecified atom stereocenters. The summed E-state index contributed by atoms with van der Waals surface area (Å²) in [6, 6.07) is 4.73. The van der Waals surface area contributed by atoms with Crippen LogP contribution in [0.3, 0.4) is 0 Å². The molecule has 0 aliphatic rings. The number of hydrogen-bond acceptors (Lipinski definition) is 3. The smallest absolute Gasteiger partial charge is 0.228 e. The van der Waals surface area contributed by atoms with Crippen molar-refractivity contribution in [2.24, 2.45) is 13.0 Å². The number of hydrogen-bond donors (Lipinski definition) is 1. The summed E-state index contributed by atoms with van der Waals surface area (Å²) in [5.74, 6) is 0.295. The van der Waals surface area contributed by atoms with Gasteiger partial charge in [0.25, 0.3) is 0 Å². The van der Waals surface area contributed by atoms with Gasteiger partial charge in [0.1, 0.15) is 5.82 Å². The minimum Gasteiger partial charge on any atom is -0.308 e. The van der Waals surface area contributed by atoms with Gasteiger partial charge >= 0.3 is 0 Å². The second-order valence-electron chi connectivity index (χ2n) is 5.40. The van der Waals surface area contributed by atoms with Crippen LogP contribution in [0, 0.1) is 11.7 Å². The predicted molar refractivity (Wildman–Crippen MR) is 88.8 cm³/mol. The fourth-order valence-corrected chi connectivity index (χ4v) is 3.94. The first kappa shape index (κ1) is 15.0. The third-order valence-corrected chi connectivity index (χ3v) is 5.16. The molecule has 3 rings (SSSR count). The maximum absolute atomic E-state index is 13.4. The Morgan fingerprint density at radius 3 is 2.82 bits per heavy atom. The quantitative estimate of drug-likeness (QED) is 0.779. The molecule has 0 saturated carbocycles. The van der Waals surface area contributed by atoms with E-state index >= 15 is 0 Å². The highest BCUT2D eigenvalue weighted by Crippen LogP contribution is 2.38. The highest BCUT2D eigenvalue weighted by molar-refractivity contribution is 7.26. The molecule has 1 N–H and O–H groups in total. The number of fused-ring (bicyclic) bond motifs is 3. The minimum atomic E-state index is -0.255. The molecule has 0 spiro atoms. The Bertz CT molecular complexity index is 848. The average Bonchev–Trinajstić information content (AvgIpc) is 2.98. The average molecular weight is 319 g/mol. The first-order valence-electron chi connectivity index (χ1n) is 7.40. The molecule has 0 saturated heterocycles. The molecule has 0 aliphatic carbocycles. The molecule has 3 aromatic rings. The summed E-state index contributed by atoms with van der Waals surface area (Å²) < 4.78 is 16.9. The molecule has 4 nitrogen and oxygen atoms in total. The highest BCUT2D eigenvalue weighted by Gasteiger charge is 2.20. The molecule has 116 valence electrons. The molecule has 0 atom stereocenters. The van der Waals surface area contributed by atoms with Crippen LogP contribution in [-0.4, -0.2) is 15.7 Å². The number of nitrogens with zero attached hydrogens (tertiary/aromatic N) is 2. The van der Waals surface area contributed by atoms with Crippen molar-refractivity contribution in [1.29, 1.82) is 0 Å². The molecular weight excluding hydrogens is 301 g/mol. The predicted octanol–water partition coefficient (Wildman–Crippen LogP) is 4.30. The largest absolute Gasteiger partial charge is 0.308 e. The van der Waals surface area contributed by atoms with E-state index in [2.05, 4.69) is 10.4 Å². The molecule has 22 heavy (non-hydrogen) atoms. The number of anilines is 1.